The molecule has 3 rings (SSSR count). The molecule has 1 amide bonds. The zero-order valence-electron chi connectivity index (χ0n) is 13.8. The van der Waals surface area contributed by atoms with Crippen molar-refractivity contribution in [2.24, 2.45) is 5.10 Å². The van der Waals surface area contributed by atoms with Crippen molar-refractivity contribution in [2.75, 3.05) is 6.61 Å². The normalized spacial score (nSPS) is 11.0. The number of ether oxygens (including phenoxy) is 1. The summed E-state index contributed by atoms with van der Waals surface area (Å²) in [5.41, 5.74) is 4.61. The lowest BCUT2D eigenvalue weighted by Crippen LogP contribution is -2.26. The molecule has 130 valence electrons. The van der Waals surface area contributed by atoms with Crippen LogP contribution in [0.3, 0.4) is 0 Å². The van der Waals surface area contributed by atoms with Crippen molar-refractivity contribution in [3.8, 4) is 5.75 Å². The number of carbonyl (C=O) groups excluding carboxylic acids is 1. The summed E-state index contributed by atoms with van der Waals surface area (Å²) in [7, 11) is 0. The molecule has 0 aliphatic heterocycles. The second-order valence-electron chi connectivity index (χ2n) is 5.32. The molecular formula is C20H16ClN3O2. The number of hydrogen-bond donors (Lipinski definition) is 1. The predicted molar refractivity (Wildman–Crippen MR) is 101 cm³/mol. The molecule has 0 fully saturated rings. The number of benzene rings is 2. The molecule has 0 atom stereocenters. The van der Waals surface area contributed by atoms with E-state index in [1.165, 1.54) is 0 Å². The first kappa shape index (κ1) is 17.6. The number of rotatable bonds is 6. The molecule has 0 spiro atoms. The first-order chi connectivity index (χ1) is 12.7. The van der Waals surface area contributed by atoms with E-state index in [4.69, 9.17) is 16.3 Å². The van der Waals surface area contributed by atoms with Crippen molar-refractivity contribution >= 4 is 23.2 Å². The highest BCUT2D eigenvalue weighted by molar-refractivity contribution is 6.30. The van der Waals surface area contributed by atoms with Crippen LogP contribution in [0.1, 0.15) is 11.3 Å². The molecule has 0 aliphatic rings. The third-order valence-corrected chi connectivity index (χ3v) is 3.68. The number of carbonyl (C=O) groups is 1. The number of nitrogens with zero attached hydrogens (tertiary/aromatic N) is 2. The fraction of sp³-hybridized carbons (Fsp3) is 0.0500. The van der Waals surface area contributed by atoms with E-state index in [0.717, 1.165) is 5.56 Å². The second kappa shape index (κ2) is 8.78. The van der Waals surface area contributed by atoms with Gasteiger partial charge in [0.2, 0.25) is 0 Å². The summed E-state index contributed by atoms with van der Waals surface area (Å²) < 4.78 is 5.41. The summed E-state index contributed by atoms with van der Waals surface area (Å²) >= 11 is 5.82. The zero-order chi connectivity index (χ0) is 18.2. The van der Waals surface area contributed by atoms with Gasteiger partial charge in [-0.3, -0.25) is 9.78 Å². The maximum atomic E-state index is 12.1. The number of pyridine rings is 1. The summed E-state index contributed by atoms with van der Waals surface area (Å²) in [5, 5.41) is 4.85. The third kappa shape index (κ3) is 4.91. The minimum absolute atomic E-state index is 0.157. The van der Waals surface area contributed by atoms with E-state index < -0.39 is 0 Å². The maximum absolute atomic E-state index is 12.1. The number of hydrazone groups is 1. The Morgan fingerprint density at radius 1 is 1.00 bits per heavy atom. The molecule has 6 heteroatoms. The highest BCUT2D eigenvalue weighted by Gasteiger charge is 2.09. The van der Waals surface area contributed by atoms with Gasteiger partial charge in [0.25, 0.3) is 5.91 Å². The van der Waals surface area contributed by atoms with Crippen LogP contribution in [0, 0.1) is 0 Å². The van der Waals surface area contributed by atoms with Gasteiger partial charge in [-0.1, -0.05) is 48.0 Å². The molecule has 2 aromatic carbocycles. The van der Waals surface area contributed by atoms with E-state index >= 15 is 0 Å². The first-order valence-corrected chi connectivity index (χ1v) is 8.32. The molecule has 0 unspecified atom stereocenters. The molecule has 0 bridgehead atoms. The molecule has 3 aromatic rings. The van der Waals surface area contributed by atoms with Crippen molar-refractivity contribution in [3.63, 3.8) is 0 Å². The molecule has 0 saturated heterocycles. The van der Waals surface area contributed by atoms with E-state index in [0.29, 0.717) is 22.2 Å². The average molecular weight is 366 g/mol. The predicted octanol–water partition coefficient (Wildman–Crippen LogP) is 3.68. The largest absolute Gasteiger partial charge is 0.484 e. The third-order valence-electron chi connectivity index (χ3n) is 3.43. The van der Waals surface area contributed by atoms with Gasteiger partial charge in [-0.15, -0.1) is 0 Å². The molecule has 1 heterocycles. The molecule has 26 heavy (non-hydrogen) atoms. The van der Waals surface area contributed by atoms with Crippen LogP contribution in [0.15, 0.2) is 84.1 Å². The lowest BCUT2D eigenvalue weighted by Gasteiger charge is -2.08. The maximum Gasteiger partial charge on any atom is 0.277 e. The Morgan fingerprint density at radius 2 is 1.73 bits per heavy atom. The molecule has 5 nitrogen and oxygen atoms in total. The molecule has 1 N–H and O–H groups in total. The van der Waals surface area contributed by atoms with Crippen LogP contribution in [0.5, 0.6) is 5.75 Å². The van der Waals surface area contributed by atoms with Crippen molar-refractivity contribution in [1.82, 2.24) is 10.4 Å². The number of nitrogens with one attached hydrogen (secondary N) is 1. The molecule has 0 radical (unpaired) electrons. The quantitative estimate of drug-likeness (QED) is 0.535. The van der Waals surface area contributed by atoms with Gasteiger partial charge in [0.15, 0.2) is 6.61 Å². The van der Waals surface area contributed by atoms with Crippen LogP contribution >= 0.6 is 11.6 Å². The highest BCUT2D eigenvalue weighted by Crippen LogP contribution is 2.15. The number of halogens is 1. The Hall–Kier alpha value is -3.18. The Kier molecular flexibility index (Phi) is 5.96. The lowest BCUT2D eigenvalue weighted by atomic mass is 10.1. The Bertz CT molecular complexity index is 840. The van der Waals surface area contributed by atoms with Crippen LogP contribution in [0.2, 0.25) is 5.02 Å². The smallest absolute Gasteiger partial charge is 0.277 e. The van der Waals surface area contributed by atoms with Crippen molar-refractivity contribution in [2.45, 2.75) is 0 Å². The summed E-state index contributed by atoms with van der Waals surface area (Å²) in [6, 6.07) is 21.8. The van der Waals surface area contributed by atoms with Crippen molar-refractivity contribution in [1.29, 1.82) is 0 Å². The van der Waals surface area contributed by atoms with Gasteiger partial charge in [-0.2, -0.15) is 5.10 Å². The van der Waals surface area contributed by atoms with Crippen LogP contribution in [0.25, 0.3) is 0 Å². The molecule has 1 aromatic heterocycles. The van der Waals surface area contributed by atoms with Gasteiger partial charge < -0.3 is 4.74 Å². The fourth-order valence-electron chi connectivity index (χ4n) is 2.20. The van der Waals surface area contributed by atoms with E-state index in [9.17, 15) is 4.79 Å². The van der Waals surface area contributed by atoms with Gasteiger partial charge >= 0.3 is 0 Å². The van der Waals surface area contributed by atoms with E-state index in [1.54, 1.807) is 30.5 Å². The van der Waals surface area contributed by atoms with Crippen LogP contribution < -0.4 is 10.2 Å². The molecule has 0 saturated carbocycles. The van der Waals surface area contributed by atoms with Crippen LogP contribution in [-0.2, 0) is 4.79 Å². The van der Waals surface area contributed by atoms with Crippen LogP contribution in [0.4, 0.5) is 0 Å². The van der Waals surface area contributed by atoms with E-state index in [1.807, 2.05) is 48.5 Å². The van der Waals surface area contributed by atoms with Gasteiger partial charge in [-0.05, 0) is 36.4 Å². The zero-order valence-corrected chi connectivity index (χ0v) is 14.6. The first-order valence-electron chi connectivity index (χ1n) is 7.94. The summed E-state index contributed by atoms with van der Waals surface area (Å²) in [4.78, 5) is 16.4. The summed E-state index contributed by atoms with van der Waals surface area (Å²) in [6.07, 6.45) is 1.68. The number of amides is 1. The monoisotopic (exact) mass is 365 g/mol. The van der Waals surface area contributed by atoms with Gasteiger partial charge in [0.05, 0.1) is 5.69 Å². The lowest BCUT2D eigenvalue weighted by molar-refractivity contribution is -0.123. The minimum Gasteiger partial charge on any atom is -0.484 e. The van der Waals surface area contributed by atoms with E-state index in [2.05, 4.69) is 15.5 Å². The highest BCUT2D eigenvalue weighted by atomic mass is 35.5. The Balaban J connectivity index is 1.70. The summed E-state index contributed by atoms with van der Waals surface area (Å²) in [6.45, 7) is -0.157. The fourth-order valence-corrected chi connectivity index (χ4v) is 2.32. The van der Waals surface area contributed by atoms with Gasteiger partial charge in [0, 0.05) is 16.8 Å². The SMILES string of the molecule is O=C(COc1ccc(Cl)cc1)NN=C(c1ccccc1)c1ccccn1. The van der Waals surface area contributed by atoms with Gasteiger partial charge in [0.1, 0.15) is 11.5 Å². The number of hydrogen-bond acceptors (Lipinski definition) is 4. The van der Waals surface area contributed by atoms with E-state index in [-0.39, 0.29) is 12.5 Å². The minimum atomic E-state index is -0.371. The number of aromatic nitrogens is 1. The standard InChI is InChI=1S/C20H16ClN3O2/c21-16-9-11-17(12-10-16)26-14-19(25)23-24-20(15-6-2-1-3-7-15)18-8-4-5-13-22-18/h1-13H,14H2,(H,23,25). The van der Waals surface area contributed by atoms with Gasteiger partial charge in [-0.25, -0.2) is 5.43 Å². The average Bonchev–Trinajstić information content (AvgIpc) is 2.69. The van der Waals surface area contributed by atoms with Crippen molar-refractivity contribution < 1.29 is 9.53 Å². The molecule has 0 aliphatic carbocycles. The summed E-state index contributed by atoms with van der Waals surface area (Å²) in [5.74, 6) is 0.186. The van der Waals surface area contributed by atoms with Crippen LogP contribution in [-0.4, -0.2) is 23.2 Å². The Labute approximate surface area is 156 Å². The Morgan fingerprint density at radius 3 is 2.42 bits per heavy atom. The second-order valence-corrected chi connectivity index (χ2v) is 5.76. The topological polar surface area (TPSA) is 63.6 Å². The van der Waals surface area contributed by atoms with Crippen molar-refractivity contribution in [3.05, 3.63) is 95.3 Å². The molecular weight excluding hydrogens is 350 g/mol.